The van der Waals surface area contributed by atoms with Crippen molar-refractivity contribution in [1.82, 2.24) is 4.57 Å². The lowest BCUT2D eigenvalue weighted by Gasteiger charge is -2.20. The van der Waals surface area contributed by atoms with Gasteiger partial charge >= 0.3 is 5.76 Å². The number of halogens is 1. The second-order valence-electron chi connectivity index (χ2n) is 5.82. The molecule has 1 aliphatic heterocycles. The Hall–Kier alpha value is -2.66. The minimum Gasteiger partial charge on any atom is -0.493 e. The maximum Gasteiger partial charge on any atom is 0.420 e. The molecule has 2 heterocycles. The van der Waals surface area contributed by atoms with Crippen LogP contribution in [0.25, 0.3) is 22.6 Å². The Balaban J connectivity index is 1.97. The molecule has 3 aromatic rings. The van der Waals surface area contributed by atoms with Crippen molar-refractivity contribution in [3.63, 3.8) is 0 Å². The lowest BCUT2D eigenvalue weighted by atomic mass is 9.95. The summed E-state index contributed by atoms with van der Waals surface area (Å²) in [7, 11) is 3.20. The maximum absolute atomic E-state index is 12.3. The van der Waals surface area contributed by atoms with Gasteiger partial charge in [0.15, 0.2) is 17.3 Å². The summed E-state index contributed by atoms with van der Waals surface area (Å²) < 4.78 is 18.1. The highest BCUT2D eigenvalue weighted by molar-refractivity contribution is 6.30. The predicted molar refractivity (Wildman–Crippen MR) is 95.7 cm³/mol. The number of methoxy groups -OCH3 is 2. The molecule has 0 spiro atoms. The first-order chi connectivity index (χ1) is 12.1. The van der Waals surface area contributed by atoms with Gasteiger partial charge in [0.25, 0.3) is 0 Å². The van der Waals surface area contributed by atoms with Crippen molar-refractivity contribution in [2.75, 3.05) is 14.2 Å². The first-order valence-corrected chi connectivity index (χ1v) is 8.25. The van der Waals surface area contributed by atoms with Crippen molar-refractivity contribution in [2.45, 2.75) is 13.0 Å². The number of benzene rings is 2. The standard InChI is InChI=1S/C19H16ClNO4/c1-23-15-9-12-7-8-21-17(14(12)10-16(15)24-2)18(25-19(21)22)11-3-5-13(20)6-4-11/h3-6,9-10H,7-8H2,1-2H3. The van der Waals surface area contributed by atoms with E-state index in [9.17, 15) is 4.79 Å². The second-order valence-corrected chi connectivity index (χ2v) is 6.26. The summed E-state index contributed by atoms with van der Waals surface area (Å²) in [6.45, 7) is 0.563. The van der Waals surface area contributed by atoms with Gasteiger partial charge in [-0.1, -0.05) is 11.6 Å². The SMILES string of the molecule is COc1cc2c(cc1OC)-c1c(-c3ccc(Cl)cc3)oc(=O)n1CC2. The van der Waals surface area contributed by atoms with Gasteiger partial charge in [0.2, 0.25) is 0 Å². The molecule has 0 unspecified atom stereocenters. The zero-order valence-electron chi connectivity index (χ0n) is 13.8. The highest BCUT2D eigenvalue weighted by Crippen LogP contribution is 2.42. The third-order valence-corrected chi connectivity index (χ3v) is 4.72. The minimum atomic E-state index is -0.361. The number of hydrogen-bond donors (Lipinski definition) is 0. The molecule has 0 atom stereocenters. The monoisotopic (exact) mass is 357 g/mol. The van der Waals surface area contributed by atoms with Gasteiger partial charge < -0.3 is 13.9 Å². The Kier molecular flexibility index (Phi) is 3.81. The van der Waals surface area contributed by atoms with E-state index in [0.717, 1.165) is 28.8 Å². The molecule has 0 radical (unpaired) electrons. The van der Waals surface area contributed by atoms with Crippen LogP contribution < -0.4 is 15.2 Å². The van der Waals surface area contributed by atoms with Crippen LogP contribution in [0.2, 0.25) is 5.02 Å². The third-order valence-electron chi connectivity index (χ3n) is 4.47. The van der Waals surface area contributed by atoms with Crippen LogP contribution in [-0.4, -0.2) is 18.8 Å². The minimum absolute atomic E-state index is 0.361. The third kappa shape index (κ3) is 2.51. The second kappa shape index (κ2) is 6.01. The first kappa shape index (κ1) is 15.8. The number of oxazole rings is 1. The van der Waals surface area contributed by atoms with Gasteiger partial charge in [-0.15, -0.1) is 0 Å². The molecule has 0 fully saturated rings. The van der Waals surface area contributed by atoms with Gasteiger partial charge in [-0.25, -0.2) is 4.79 Å². The molecule has 0 saturated heterocycles. The Morgan fingerprint density at radius 1 is 1.08 bits per heavy atom. The number of aryl methyl sites for hydroxylation is 1. The average molecular weight is 358 g/mol. The molecule has 1 aliphatic rings. The Bertz CT molecular complexity index is 1000. The molecule has 0 bridgehead atoms. The molecule has 0 amide bonds. The van der Waals surface area contributed by atoms with Crippen LogP contribution in [0.4, 0.5) is 0 Å². The number of ether oxygens (including phenoxy) is 2. The van der Waals surface area contributed by atoms with E-state index in [2.05, 4.69) is 0 Å². The van der Waals surface area contributed by atoms with E-state index in [1.807, 2.05) is 24.3 Å². The van der Waals surface area contributed by atoms with Crippen LogP contribution in [0, 0.1) is 0 Å². The predicted octanol–water partition coefficient (Wildman–Crippen LogP) is 4.00. The summed E-state index contributed by atoms with van der Waals surface area (Å²) in [5.41, 5.74) is 3.57. The Labute approximate surface area is 149 Å². The summed E-state index contributed by atoms with van der Waals surface area (Å²) in [6, 6.07) is 11.1. The topological polar surface area (TPSA) is 53.6 Å². The van der Waals surface area contributed by atoms with Crippen molar-refractivity contribution < 1.29 is 13.9 Å². The molecule has 25 heavy (non-hydrogen) atoms. The summed E-state index contributed by atoms with van der Waals surface area (Å²) in [6.07, 6.45) is 0.724. The highest BCUT2D eigenvalue weighted by atomic mass is 35.5. The zero-order chi connectivity index (χ0) is 17.6. The molecule has 5 nitrogen and oxygen atoms in total. The van der Waals surface area contributed by atoms with Crippen LogP contribution >= 0.6 is 11.6 Å². The molecule has 0 saturated carbocycles. The number of rotatable bonds is 3. The molecule has 1 aromatic heterocycles. The van der Waals surface area contributed by atoms with E-state index in [4.69, 9.17) is 25.5 Å². The molecule has 128 valence electrons. The number of aromatic nitrogens is 1. The quantitative estimate of drug-likeness (QED) is 0.711. The van der Waals surface area contributed by atoms with Gasteiger partial charge in [0.05, 0.1) is 19.9 Å². The maximum atomic E-state index is 12.3. The fraction of sp³-hybridized carbons (Fsp3) is 0.211. The lowest BCUT2D eigenvalue weighted by Crippen LogP contribution is -2.20. The van der Waals surface area contributed by atoms with Crippen molar-refractivity contribution in [3.05, 3.63) is 57.5 Å². The van der Waals surface area contributed by atoms with Crippen LogP contribution in [-0.2, 0) is 13.0 Å². The molecule has 0 aliphatic carbocycles. The normalized spacial score (nSPS) is 12.4. The van der Waals surface area contributed by atoms with E-state index in [1.165, 1.54) is 0 Å². The smallest absolute Gasteiger partial charge is 0.420 e. The fourth-order valence-electron chi connectivity index (χ4n) is 3.25. The van der Waals surface area contributed by atoms with Gasteiger partial charge in [-0.05, 0) is 48.4 Å². The van der Waals surface area contributed by atoms with E-state index >= 15 is 0 Å². The van der Waals surface area contributed by atoms with Crippen molar-refractivity contribution in [1.29, 1.82) is 0 Å². The summed E-state index contributed by atoms with van der Waals surface area (Å²) in [5, 5.41) is 0.631. The van der Waals surface area contributed by atoms with Crippen LogP contribution in [0.5, 0.6) is 11.5 Å². The average Bonchev–Trinajstić information content (AvgIpc) is 2.98. The van der Waals surface area contributed by atoms with Crippen molar-refractivity contribution in [3.8, 4) is 34.1 Å². The summed E-state index contributed by atoms with van der Waals surface area (Å²) >= 11 is 5.97. The molecule has 0 N–H and O–H groups in total. The van der Waals surface area contributed by atoms with E-state index in [-0.39, 0.29) is 5.76 Å². The summed E-state index contributed by atoms with van der Waals surface area (Å²) in [5.74, 6) is 1.47. The van der Waals surface area contributed by atoms with E-state index in [1.54, 1.807) is 30.9 Å². The van der Waals surface area contributed by atoms with Crippen molar-refractivity contribution in [2.24, 2.45) is 0 Å². The fourth-order valence-corrected chi connectivity index (χ4v) is 3.38. The highest BCUT2D eigenvalue weighted by Gasteiger charge is 2.27. The molecular formula is C19H16ClNO4. The molecule has 2 aromatic carbocycles. The lowest BCUT2D eigenvalue weighted by molar-refractivity contribution is 0.354. The van der Waals surface area contributed by atoms with Crippen LogP contribution in [0.3, 0.4) is 0 Å². The van der Waals surface area contributed by atoms with Crippen LogP contribution in [0.15, 0.2) is 45.6 Å². The number of hydrogen-bond acceptors (Lipinski definition) is 4. The Morgan fingerprint density at radius 2 is 1.76 bits per heavy atom. The molecular weight excluding hydrogens is 342 g/mol. The number of nitrogens with zero attached hydrogens (tertiary/aromatic N) is 1. The summed E-state index contributed by atoms with van der Waals surface area (Å²) in [4.78, 5) is 12.3. The number of fused-ring (bicyclic) bond motifs is 3. The van der Waals surface area contributed by atoms with Gasteiger partial charge in [-0.3, -0.25) is 4.57 Å². The zero-order valence-corrected chi connectivity index (χ0v) is 14.6. The first-order valence-electron chi connectivity index (χ1n) is 7.87. The van der Waals surface area contributed by atoms with E-state index < -0.39 is 0 Å². The van der Waals surface area contributed by atoms with Gasteiger partial charge in [0.1, 0.15) is 0 Å². The molecule has 6 heteroatoms. The molecule has 4 rings (SSSR count). The van der Waals surface area contributed by atoms with E-state index in [0.29, 0.717) is 28.8 Å². The van der Waals surface area contributed by atoms with Gasteiger partial charge in [-0.2, -0.15) is 0 Å². The van der Waals surface area contributed by atoms with Crippen LogP contribution in [0.1, 0.15) is 5.56 Å². The largest absolute Gasteiger partial charge is 0.493 e. The Morgan fingerprint density at radius 3 is 2.44 bits per heavy atom. The van der Waals surface area contributed by atoms with Gasteiger partial charge in [0, 0.05) is 22.7 Å². The van der Waals surface area contributed by atoms with Crippen molar-refractivity contribution >= 4 is 11.6 Å².